The van der Waals surface area contributed by atoms with Gasteiger partial charge in [0.25, 0.3) is 5.91 Å². The summed E-state index contributed by atoms with van der Waals surface area (Å²) in [6, 6.07) is 5.59. The van der Waals surface area contributed by atoms with Gasteiger partial charge < -0.3 is 10.6 Å². The highest BCUT2D eigenvalue weighted by Gasteiger charge is 2.07. The van der Waals surface area contributed by atoms with E-state index in [2.05, 4.69) is 20.8 Å². The number of amides is 1. The van der Waals surface area contributed by atoms with Crippen molar-refractivity contribution < 1.29 is 4.79 Å². The van der Waals surface area contributed by atoms with Crippen LogP contribution in [0.1, 0.15) is 21.5 Å². The van der Waals surface area contributed by atoms with Gasteiger partial charge in [0.1, 0.15) is 0 Å². The van der Waals surface area contributed by atoms with E-state index < -0.39 is 0 Å². The topological polar surface area (TPSA) is 69.8 Å². The van der Waals surface area contributed by atoms with Crippen molar-refractivity contribution in [2.45, 2.75) is 13.5 Å². The van der Waals surface area contributed by atoms with E-state index in [-0.39, 0.29) is 5.91 Å². The van der Waals surface area contributed by atoms with Crippen LogP contribution >= 0.6 is 0 Å². The van der Waals surface area contributed by atoms with Gasteiger partial charge in [-0.2, -0.15) is 5.10 Å². The van der Waals surface area contributed by atoms with Gasteiger partial charge in [-0.3, -0.25) is 9.89 Å². The van der Waals surface area contributed by atoms with Gasteiger partial charge in [-0.1, -0.05) is 0 Å². The maximum absolute atomic E-state index is 11.9. The maximum Gasteiger partial charge on any atom is 0.251 e. The fraction of sp³-hybridized carbons (Fsp3) is 0.231. The molecule has 5 heteroatoms. The molecule has 0 saturated heterocycles. The van der Waals surface area contributed by atoms with Crippen LogP contribution in [0.15, 0.2) is 30.6 Å². The Morgan fingerprint density at radius 1 is 1.44 bits per heavy atom. The first-order valence-electron chi connectivity index (χ1n) is 5.75. The Balaban J connectivity index is 2.02. The van der Waals surface area contributed by atoms with Crippen LogP contribution in [0.4, 0.5) is 5.69 Å². The van der Waals surface area contributed by atoms with Crippen LogP contribution in [0, 0.1) is 6.92 Å². The number of aryl methyl sites for hydroxylation is 1. The van der Waals surface area contributed by atoms with E-state index in [1.807, 2.05) is 32.2 Å². The van der Waals surface area contributed by atoms with Crippen LogP contribution in [0.2, 0.25) is 0 Å². The van der Waals surface area contributed by atoms with E-state index in [4.69, 9.17) is 0 Å². The van der Waals surface area contributed by atoms with E-state index in [1.165, 1.54) is 0 Å². The van der Waals surface area contributed by atoms with Gasteiger partial charge in [-0.15, -0.1) is 0 Å². The van der Waals surface area contributed by atoms with Gasteiger partial charge in [0, 0.05) is 36.6 Å². The first-order chi connectivity index (χ1) is 8.70. The SMILES string of the molecule is CNc1ccc(C(=O)NCc2cn[nH]c2)cc1C. The number of carbonyl (C=O) groups is 1. The molecule has 94 valence electrons. The molecule has 2 rings (SSSR count). The highest BCUT2D eigenvalue weighted by atomic mass is 16.1. The average molecular weight is 244 g/mol. The van der Waals surface area contributed by atoms with Crippen molar-refractivity contribution in [2.24, 2.45) is 0 Å². The fourth-order valence-electron chi connectivity index (χ4n) is 1.74. The number of aromatic nitrogens is 2. The van der Waals surface area contributed by atoms with Crippen LogP contribution in [-0.4, -0.2) is 23.2 Å². The van der Waals surface area contributed by atoms with E-state index in [1.54, 1.807) is 12.4 Å². The molecule has 1 heterocycles. The summed E-state index contributed by atoms with van der Waals surface area (Å²) in [5.41, 5.74) is 3.69. The van der Waals surface area contributed by atoms with E-state index in [0.29, 0.717) is 12.1 Å². The molecule has 18 heavy (non-hydrogen) atoms. The Kier molecular flexibility index (Phi) is 3.62. The molecule has 0 aliphatic heterocycles. The number of rotatable bonds is 4. The Morgan fingerprint density at radius 3 is 2.89 bits per heavy atom. The molecule has 3 N–H and O–H groups in total. The lowest BCUT2D eigenvalue weighted by atomic mass is 10.1. The smallest absolute Gasteiger partial charge is 0.251 e. The molecule has 5 nitrogen and oxygen atoms in total. The number of carbonyl (C=O) groups excluding carboxylic acids is 1. The third kappa shape index (κ3) is 2.68. The van der Waals surface area contributed by atoms with E-state index in [9.17, 15) is 4.79 Å². The van der Waals surface area contributed by atoms with Gasteiger partial charge in [-0.25, -0.2) is 0 Å². The summed E-state index contributed by atoms with van der Waals surface area (Å²) in [6.45, 7) is 2.45. The number of hydrogen-bond acceptors (Lipinski definition) is 3. The lowest BCUT2D eigenvalue weighted by molar-refractivity contribution is 0.0951. The first-order valence-corrected chi connectivity index (χ1v) is 5.75. The van der Waals surface area contributed by atoms with E-state index in [0.717, 1.165) is 16.8 Å². The van der Waals surface area contributed by atoms with Crippen LogP contribution in [0.3, 0.4) is 0 Å². The fourth-order valence-corrected chi connectivity index (χ4v) is 1.74. The zero-order chi connectivity index (χ0) is 13.0. The predicted octanol–water partition coefficient (Wildman–Crippen LogP) is 1.69. The maximum atomic E-state index is 11.9. The number of H-pyrrole nitrogens is 1. The Labute approximate surface area is 106 Å². The van der Waals surface area contributed by atoms with Crippen molar-refractivity contribution in [3.8, 4) is 0 Å². The zero-order valence-corrected chi connectivity index (χ0v) is 10.4. The number of nitrogens with one attached hydrogen (secondary N) is 3. The van der Waals surface area contributed by atoms with Crippen molar-refractivity contribution in [1.29, 1.82) is 0 Å². The summed E-state index contributed by atoms with van der Waals surface area (Å²) in [4.78, 5) is 11.9. The van der Waals surface area contributed by atoms with Crippen molar-refractivity contribution in [3.63, 3.8) is 0 Å². The second kappa shape index (κ2) is 5.35. The third-order valence-corrected chi connectivity index (χ3v) is 2.77. The lowest BCUT2D eigenvalue weighted by Crippen LogP contribution is -2.22. The van der Waals surface area contributed by atoms with Crippen LogP contribution in [0.5, 0.6) is 0 Å². The summed E-state index contributed by atoms with van der Waals surface area (Å²) in [6.07, 6.45) is 3.45. The average Bonchev–Trinajstić information content (AvgIpc) is 2.89. The second-order valence-electron chi connectivity index (χ2n) is 4.07. The van der Waals surface area contributed by atoms with Gasteiger partial charge in [-0.05, 0) is 30.7 Å². The standard InChI is InChI=1S/C13H16N4O/c1-9-5-11(3-4-12(9)14-2)13(18)15-6-10-7-16-17-8-10/h3-5,7-8,14H,6H2,1-2H3,(H,15,18)(H,16,17). The van der Waals surface area contributed by atoms with Crippen molar-refractivity contribution >= 4 is 11.6 Å². The first kappa shape index (κ1) is 12.2. The van der Waals surface area contributed by atoms with Crippen molar-refractivity contribution in [3.05, 3.63) is 47.3 Å². The Morgan fingerprint density at radius 2 is 2.28 bits per heavy atom. The number of benzene rings is 1. The van der Waals surface area contributed by atoms with E-state index >= 15 is 0 Å². The molecular weight excluding hydrogens is 228 g/mol. The van der Waals surface area contributed by atoms with Gasteiger partial charge in [0.2, 0.25) is 0 Å². The molecule has 1 amide bonds. The molecule has 0 atom stereocenters. The Hall–Kier alpha value is -2.30. The zero-order valence-electron chi connectivity index (χ0n) is 10.4. The molecule has 0 saturated carbocycles. The number of aromatic amines is 1. The molecule has 1 aromatic carbocycles. The summed E-state index contributed by atoms with van der Waals surface area (Å²) in [5, 5.41) is 12.5. The predicted molar refractivity (Wildman–Crippen MR) is 70.5 cm³/mol. The molecule has 0 spiro atoms. The largest absolute Gasteiger partial charge is 0.388 e. The minimum absolute atomic E-state index is 0.0815. The quantitative estimate of drug-likeness (QED) is 0.766. The van der Waals surface area contributed by atoms with Gasteiger partial charge >= 0.3 is 0 Å². The van der Waals surface area contributed by atoms with Crippen LogP contribution in [-0.2, 0) is 6.54 Å². The van der Waals surface area contributed by atoms with Crippen LogP contribution in [0.25, 0.3) is 0 Å². The third-order valence-electron chi connectivity index (χ3n) is 2.77. The van der Waals surface area contributed by atoms with Gasteiger partial charge in [0.15, 0.2) is 0 Å². The molecule has 2 aromatic rings. The van der Waals surface area contributed by atoms with Gasteiger partial charge in [0.05, 0.1) is 6.20 Å². The lowest BCUT2D eigenvalue weighted by Gasteiger charge is -2.08. The summed E-state index contributed by atoms with van der Waals surface area (Å²) in [5.74, 6) is -0.0815. The normalized spacial score (nSPS) is 10.1. The second-order valence-corrected chi connectivity index (χ2v) is 4.07. The number of nitrogens with zero attached hydrogens (tertiary/aromatic N) is 1. The van der Waals surface area contributed by atoms with Crippen molar-refractivity contribution in [2.75, 3.05) is 12.4 Å². The molecule has 1 aromatic heterocycles. The Bertz CT molecular complexity index is 534. The molecule has 0 unspecified atom stereocenters. The summed E-state index contributed by atoms with van der Waals surface area (Å²) < 4.78 is 0. The molecule has 0 aliphatic carbocycles. The molecule has 0 radical (unpaired) electrons. The number of hydrogen-bond donors (Lipinski definition) is 3. The summed E-state index contributed by atoms with van der Waals surface area (Å²) in [7, 11) is 1.86. The molecule has 0 aliphatic rings. The summed E-state index contributed by atoms with van der Waals surface area (Å²) >= 11 is 0. The van der Waals surface area contributed by atoms with Crippen molar-refractivity contribution in [1.82, 2.24) is 15.5 Å². The number of anilines is 1. The molecule has 0 bridgehead atoms. The van der Waals surface area contributed by atoms with Crippen LogP contribution < -0.4 is 10.6 Å². The minimum Gasteiger partial charge on any atom is -0.388 e. The highest BCUT2D eigenvalue weighted by Crippen LogP contribution is 2.15. The molecule has 0 fully saturated rings. The highest BCUT2D eigenvalue weighted by molar-refractivity contribution is 5.94. The monoisotopic (exact) mass is 244 g/mol. The minimum atomic E-state index is -0.0815. The molecular formula is C13H16N4O.